The molecule has 2 N–H and O–H groups in total. The van der Waals surface area contributed by atoms with Crippen molar-refractivity contribution in [3.05, 3.63) is 88.9 Å². The Balaban J connectivity index is 1.34. The first-order chi connectivity index (χ1) is 16.0. The SMILES string of the molecule is CCOc1ccc(-c2cc(=O)n(CCNC(=O)c3cc(-c4ccc(F)cc4)n[nH]3)cn2)cc1. The first-order valence-electron chi connectivity index (χ1n) is 10.4. The van der Waals surface area contributed by atoms with E-state index in [0.717, 1.165) is 11.3 Å². The number of amides is 1. The summed E-state index contributed by atoms with van der Waals surface area (Å²) in [4.78, 5) is 29.2. The van der Waals surface area contributed by atoms with Gasteiger partial charge in [0.1, 0.15) is 17.3 Å². The minimum Gasteiger partial charge on any atom is -0.494 e. The monoisotopic (exact) mass is 447 g/mol. The zero-order valence-electron chi connectivity index (χ0n) is 17.9. The summed E-state index contributed by atoms with van der Waals surface area (Å²) >= 11 is 0. The van der Waals surface area contributed by atoms with Gasteiger partial charge in [-0.3, -0.25) is 19.3 Å². The Hall–Kier alpha value is -4.27. The molecule has 9 heteroatoms. The van der Waals surface area contributed by atoms with Crippen molar-refractivity contribution in [1.82, 2.24) is 25.1 Å². The molecule has 168 valence electrons. The van der Waals surface area contributed by atoms with Gasteiger partial charge in [-0.25, -0.2) is 9.37 Å². The second-order valence-corrected chi connectivity index (χ2v) is 7.19. The number of carbonyl (C=O) groups excluding carboxylic acids is 1. The lowest BCUT2D eigenvalue weighted by Gasteiger charge is -2.08. The molecule has 0 aliphatic carbocycles. The number of benzene rings is 2. The molecule has 4 rings (SSSR count). The molecule has 0 atom stereocenters. The Morgan fingerprint density at radius 1 is 1.06 bits per heavy atom. The summed E-state index contributed by atoms with van der Waals surface area (Å²) in [6.07, 6.45) is 1.46. The molecule has 0 radical (unpaired) electrons. The summed E-state index contributed by atoms with van der Waals surface area (Å²) in [5.74, 6) is 0.0553. The second-order valence-electron chi connectivity index (χ2n) is 7.19. The largest absolute Gasteiger partial charge is 0.494 e. The highest BCUT2D eigenvalue weighted by atomic mass is 19.1. The van der Waals surface area contributed by atoms with E-state index in [2.05, 4.69) is 20.5 Å². The highest BCUT2D eigenvalue weighted by molar-refractivity contribution is 5.93. The van der Waals surface area contributed by atoms with E-state index in [-0.39, 0.29) is 36.1 Å². The average Bonchev–Trinajstić information content (AvgIpc) is 3.32. The zero-order valence-corrected chi connectivity index (χ0v) is 17.9. The number of carbonyl (C=O) groups is 1. The Morgan fingerprint density at radius 3 is 2.45 bits per heavy atom. The summed E-state index contributed by atoms with van der Waals surface area (Å²) in [5, 5.41) is 9.50. The third-order valence-corrected chi connectivity index (χ3v) is 4.94. The highest BCUT2D eigenvalue weighted by Gasteiger charge is 2.11. The van der Waals surface area contributed by atoms with Crippen molar-refractivity contribution in [2.24, 2.45) is 0 Å². The molecule has 2 aromatic heterocycles. The predicted molar refractivity (Wildman–Crippen MR) is 121 cm³/mol. The molecular formula is C24H22FN5O3. The third-order valence-electron chi connectivity index (χ3n) is 4.94. The van der Waals surface area contributed by atoms with E-state index in [1.807, 2.05) is 31.2 Å². The molecule has 4 aromatic rings. The maximum Gasteiger partial charge on any atom is 0.269 e. The lowest BCUT2D eigenvalue weighted by Crippen LogP contribution is -2.31. The Kier molecular flexibility index (Phi) is 6.58. The molecule has 33 heavy (non-hydrogen) atoms. The van der Waals surface area contributed by atoms with E-state index < -0.39 is 0 Å². The molecule has 0 aliphatic heterocycles. The van der Waals surface area contributed by atoms with Gasteiger partial charge >= 0.3 is 0 Å². The van der Waals surface area contributed by atoms with Gasteiger partial charge in [0.25, 0.3) is 11.5 Å². The second kappa shape index (κ2) is 9.90. The standard InChI is InChI=1S/C24H22FN5O3/c1-2-33-19-9-5-16(6-10-19)20-14-23(31)30(15-27-20)12-11-26-24(32)22-13-21(28-29-22)17-3-7-18(25)8-4-17/h3-10,13-15H,2,11-12H2,1H3,(H,26,32)(H,28,29). The quantitative estimate of drug-likeness (QED) is 0.432. The molecule has 0 saturated carbocycles. The number of H-pyrrole nitrogens is 1. The first kappa shape index (κ1) is 21.9. The predicted octanol–water partition coefficient (Wildman–Crippen LogP) is 3.27. The van der Waals surface area contributed by atoms with E-state index in [1.165, 1.54) is 29.1 Å². The summed E-state index contributed by atoms with van der Waals surface area (Å²) in [5.41, 5.74) is 2.65. The van der Waals surface area contributed by atoms with Crippen LogP contribution in [0.4, 0.5) is 4.39 Å². The minimum atomic E-state index is -0.358. The van der Waals surface area contributed by atoms with E-state index in [4.69, 9.17) is 4.74 Å². The number of aromatic amines is 1. The topological polar surface area (TPSA) is 102 Å². The maximum absolute atomic E-state index is 13.1. The zero-order chi connectivity index (χ0) is 23.2. The van der Waals surface area contributed by atoms with Gasteiger partial charge in [-0.1, -0.05) is 0 Å². The fourth-order valence-corrected chi connectivity index (χ4v) is 3.23. The molecule has 0 bridgehead atoms. The molecular weight excluding hydrogens is 425 g/mol. The fourth-order valence-electron chi connectivity index (χ4n) is 3.23. The van der Waals surface area contributed by atoms with Gasteiger partial charge in [0.15, 0.2) is 0 Å². The van der Waals surface area contributed by atoms with Crippen LogP contribution in [0.15, 0.2) is 71.8 Å². The van der Waals surface area contributed by atoms with Gasteiger partial charge in [-0.15, -0.1) is 0 Å². The number of hydrogen-bond acceptors (Lipinski definition) is 5. The fraction of sp³-hybridized carbons (Fsp3) is 0.167. The smallest absolute Gasteiger partial charge is 0.269 e. The number of halogens is 1. The Labute approximate surface area is 189 Å². The van der Waals surface area contributed by atoms with Gasteiger partial charge in [-0.05, 0) is 61.5 Å². The number of rotatable bonds is 8. The molecule has 0 fully saturated rings. The lowest BCUT2D eigenvalue weighted by atomic mass is 10.1. The Bertz CT molecular complexity index is 1300. The molecule has 8 nitrogen and oxygen atoms in total. The van der Waals surface area contributed by atoms with E-state index >= 15 is 0 Å². The molecule has 0 spiro atoms. The maximum atomic E-state index is 13.1. The normalized spacial score (nSPS) is 10.7. The summed E-state index contributed by atoms with van der Waals surface area (Å²) in [6.45, 7) is 2.99. The van der Waals surface area contributed by atoms with E-state index in [9.17, 15) is 14.0 Å². The van der Waals surface area contributed by atoms with Crippen LogP contribution in [0.2, 0.25) is 0 Å². The molecule has 0 aliphatic rings. The van der Waals surface area contributed by atoms with Crippen LogP contribution in [-0.2, 0) is 6.54 Å². The van der Waals surface area contributed by atoms with Crippen molar-refractivity contribution < 1.29 is 13.9 Å². The van der Waals surface area contributed by atoms with Crippen molar-refractivity contribution in [3.8, 4) is 28.3 Å². The minimum absolute atomic E-state index is 0.219. The van der Waals surface area contributed by atoms with E-state index in [0.29, 0.717) is 23.6 Å². The van der Waals surface area contributed by atoms with Crippen LogP contribution in [0, 0.1) is 5.82 Å². The van der Waals surface area contributed by atoms with Crippen molar-refractivity contribution >= 4 is 5.91 Å². The van der Waals surface area contributed by atoms with Gasteiger partial charge in [0, 0.05) is 30.3 Å². The molecule has 2 heterocycles. The number of ether oxygens (including phenoxy) is 1. The van der Waals surface area contributed by atoms with Crippen LogP contribution in [0.25, 0.3) is 22.5 Å². The van der Waals surface area contributed by atoms with Crippen molar-refractivity contribution in [1.29, 1.82) is 0 Å². The van der Waals surface area contributed by atoms with Crippen LogP contribution >= 0.6 is 0 Å². The van der Waals surface area contributed by atoms with Gasteiger partial charge in [-0.2, -0.15) is 5.10 Å². The summed E-state index contributed by atoms with van der Waals surface area (Å²) in [6, 6.07) is 16.2. The van der Waals surface area contributed by atoms with Crippen molar-refractivity contribution in [3.63, 3.8) is 0 Å². The van der Waals surface area contributed by atoms with Crippen LogP contribution < -0.4 is 15.6 Å². The van der Waals surface area contributed by atoms with Crippen LogP contribution in [0.5, 0.6) is 5.75 Å². The van der Waals surface area contributed by atoms with Crippen molar-refractivity contribution in [2.75, 3.05) is 13.2 Å². The average molecular weight is 447 g/mol. The van der Waals surface area contributed by atoms with Crippen LogP contribution in [0.3, 0.4) is 0 Å². The number of aromatic nitrogens is 4. The Morgan fingerprint density at radius 2 is 1.76 bits per heavy atom. The van der Waals surface area contributed by atoms with Crippen molar-refractivity contribution in [2.45, 2.75) is 13.5 Å². The van der Waals surface area contributed by atoms with Gasteiger partial charge < -0.3 is 10.1 Å². The van der Waals surface area contributed by atoms with Crippen LogP contribution in [-0.4, -0.2) is 38.8 Å². The highest BCUT2D eigenvalue weighted by Crippen LogP contribution is 2.20. The summed E-state index contributed by atoms with van der Waals surface area (Å²) in [7, 11) is 0. The number of nitrogens with one attached hydrogen (secondary N) is 2. The third kappa shape index (κ3) is 5.32. The molecule has 0 unspecified atom stereocenters. The first-order valence-corrected chi connectivity index (χ1v) is 10.4. The molecule has 1 amide bonds. The van der Waals surface area contributed by atoms with E-state index in [1.54, 1.807) is 18.2 Å². The lowest BCUT2D eigenvalue weighted by molar-refractivity contribution is 0.0947. The van der Waals surface area contributed by atoms with Crippen LogP contribution in [0.1, 0.15) is 17.4 Å². The molecule has 0 saturated heterocycles. The molecule has 2 aromatic carbocycles. The van der Waals surface area contributed by atoms with Gasteiger partial charge in [0.05, 0.1) is 24.3 Å². The van der Waals surface area contributed by atoms with Gasteiger partial charge in [0.2, 0.25) is 0 Å². The number of hydrogen-bond donors (Lipinski definition) is 2. The summed E-state index contributed by atoms with van der Waals surface area (Å²) < 4.78 is 19.9. The number of nitrogens with zero attached hydrogens (tertiary/aromatic N) is 3.